The second-order valence-corrected chi connectivity index (χ2v) is 7.98. The number of amides is 4. The van der Waals surface area contributed by atoms with Crippen LogP contribution in [0.15, 0.2) is 48.8 Å². The highest BCUT2D eigenvalue weighted by molar-refractivity contribution is 5.95. The van der Waals surface area contributed by atoms with Crippen LogP contribution in [0.5, 0.6) is 0 Å². The molecular weight excluding hydrogens is 410 g/mol. The van der Waals surface area contributed by atoms with Crippen molar-refractivity contribution < 1.29 is 19.1 Å². The Morgan fingerprint density at radius 3 is 2.34 bits per heavy atom. The Labute approximate surface area is 186 Å². The molecule has 0 saturated carbocycles. The maximum Gasteiger partial charge on any atom is 0.319 e. The van der Waals surface area contributed by atoms with Crippen LogP contribution in [-0.2, 0) is 4.74 Å². The quantitative estimate of drug-likeness (QED) is 0.596. The Hall–Kier alpha value is -3.46. The molecule has 0 bridgehead atoms. The first-order chi connectivity index (χ1) is 15.5. The minimum atomic E-state index is -0.229. The van der Waals surface area contributed by atoms with Gasteiger partial charge in [-0.25, -0.2) is 4.79 Å². The van der Waals surface area contributed by atoms with Gasteiger partial charge in [0.15, 0.2) is 0 Å². The second-order valence-electron chi connectivity index (χ2n) is 7.98. The number of urea groups is 1. The molecule has 0 spiro atoms. The smallest absolute Gasteiger partial charge is 0.319 e. The molecule has 3 N–H and O–H groups in total. The fourth-order valence-corrected chi connectivity index (χ4v) is 4.21. The number of benzene rings is 1. The number of fused-ring (bicyclic) bond motifs is 1. The van der Waals surface area contributed by atoms with E-state index in [1.807, 2.05) is 12.1 Å². The van der Waals surface area contributed by atoms with Crippen LogP contribution in [0.4, 0.5) is 4.79 Å². The van der Waals surface area contributed by atoms with Crippen molar-refractivity contribution in [1.82, 2.24) is 25.8 Å². The van der Waals surface area contributed by atoms with Crippen LogP contribution in [0, 0.1) is 5.92 Å². The summed E-state index contributed by atoms with van der Waals surface area (Å²) in [5, 5.41) is 8.61. The minimum Gasteiger partial charge on any atom is -0.358 e. The first-order valence-electron chi connectivity index (χ1n) is 10.8. The van der Waals surface area contributed by atoms with E-state index >= 15 is 0 Å². The zero-order valence-electron chi connectivity index (χ0n) is 17.9. The van der Waals surface area contributed by atoms with Crippen molar-refractivity contribution in [3.05, 3.63) is 65.5 Å². The molecule has 2 aliphatic rings. The van der Waals surface area contributed by atoms with Crippen LogP contribution >= 0.6 is 0 Å². The molecule has 32 heavy (non-hydrogen) atoms. The normalized spacial score (nSPS) is 22.5. The second kappa shape index (κ2) is 9.78. The Bertz CT molecular complexity index is 966. The SMILES string of the molecule is CN1C(=O)N[C@@H](c2ccc(C(=O)NCCNC(=O)c3ccncc3)cc2)[C@@H]2CCCO[C@@H]21. The Morgan fingerprint density at radius 1 is 1.06 bits per heavy atom. The van der Waals surface area contributed by atoms with Gasteiger partial charge in [-0.3, -0.25) is 14.6 Å². The predicted octanol–water partition coefficient (Wildman–Crippen LogP) is 1.69. The van der Waals surface area contributed by atoms with E-state index in [4.69, 9.17) is 4.74 Å². The van der Waals surface area contributed by atoms with Crippen LogP contribution in [0.25, 0.3) is 0 Å². The molecule has 2 saturated heterocycles. The number of pyridine rings is 1. The van der Waals surface area contributed by atoms with Crippen molar-refractivity contribution >= 4 is 17.8 Å². The number of nitrogens with one attached hydrogen (secondary N) is 3. The molecule has 9 heteroatoms. The van der Waals surface area contributed by atoms with Crippen molar-refractivity contribution in [3.63, 3.8) is 0 Å². The molecular formula is C23H27N5O4. The van der Waals surface area contributed by atoms with Crippen LogP contribution in [0.2, 0.25) is 0 Å². The van der Waals surface area contributed by atoms with Gasteiger partial charge in [0, 0.05) is 56.2 Å². The molecule has 2 aromatic rings. The summed E-state index contributed by atoms with van der Waals surface area (Å²) in [6.45, 7) is 1.28. The van der Waals surface area contributed by atoms with Crippen molar-refractivity contribution in [1.29, 1.82) is 0 Å². The average molecular weight is 438 g/mol. The highest BCUT2D eigenvalue weighted by Gasteiger charge is 2.42. The lowest BCUT2D eigenvalue weighted by molar-refractivity contribution is -0.116. The largest absolute Gasteiger partial charge is 0.358 e. The first-order valence-corrected chi connectivity index (χ1v) is 10.8. The topological polar surface area (TPSA) is 113 Å². The zero-order valence-corrected chi connectivity index (χ0v) is 17.9. The third-order valence-corrected chi connectivity index (χ3v) is 5.92. The summed E-state index contributed by atoms with van der Waals surface area (Å²) in [6.07, 6.45) is 4.80. The van der Waals surface area contributed by atoms with E-state index in [2.05, 4.69) is 20.9 Å². The summed E-state index contributed by atoms with van der Waals surface area (Å²) in [6, 6.07) is 10.2. The third-order valence-electron chi connectivity index (χ3n) is 5.92. The Morgan fingerprint density at radius 2 is 1.69 bits per heavy atom. The van der Waals surface area contributed by atoms with E-state index in [0.29, 0.717) is 30.8 Å². The monoisotopic (exact) mass is 437 g/mol. The summed E-state index contributed by atoms with van der Waals surface area (Å²) in [7, 11) is 1.75. The predicted molar refractivity (Wildman–Crippen MR) is 117 cm³/mol. The van der Waals surface area contributed by atoms with Crippen LogP contribution in [0.3, 0.4) is 0 Å². The standard InChI is InChI=1S/C23H27N5O4/c1-28-22-18(3-2-14-32-22)19(27-23(28)31)15-4-6-16(7-5-15)20(29)25-12-13-26-21(30)17-8-10-24-11-9-17/h4-11,18-19,22H,2-3,12-14H2,1H3,(H,25,29)(H,26,30)(H,27,31)/t18-,19-,22-/m0/s1. The molecule has 0 unspecified atom stereocenters. The molecule has 168 valence electrons. The fraction of sp³-hybridized carbons (Fsp3) is 0.391. The molecule has 2 aliphatic heterocycles. The summed E-state index contributed by atoms with van der Waals surface area (Å²) >= 11 is 0. The highest BCUT2D eigenvalue weighted by Crippen LogP contribution is 2.37. The highest BCUT2D eigenvalue weighted by atomic mass is 16.5. The fourth-order valence-electron chi connectivity index (χ4n) is 4.21. The van der Waals surface area contributed by atoms with Gasteiger partial charge in [-0.05, 0) is 42.7 Å². The summed E-state index contributed by atoms with van der Waals surface area (Å²) in [5.74, 6) is -0.271. The van der Waals surface area contributed by atoms with Gasteiger partial charge < -0.3 is 25.6 Å². The van der Waals surface area contributed by atoms with Crippen molar-refractivity contribution in [2.24, 2.45) is 5.92 Å². The Kier molecular flexibility index (Phi) is 6.65. The van der Waals surface area contributed by atoms with Gasteiger partial charge in [0.2, 0.25) is 0 Å². The number of hydrogen-bond donors (Lipinski definition) is 3. The number of hydrogen-bond acceptors (Lipinski definition) is 5. The minimum absolute atomic E-state index is 0.149. The molecule has 4 amide bonds. The van der Waals surface area contributed by atoms with Gasteiger partial charge in [0.1, 0.15) is 6.23 Å². The first kappa shape index (κ1) is 21.8. The van der Waals surface area contributed by atoms with Gasteiger partial charge in [0.25, 0.3) is 11.8 Å². The van der Waals surface area contributed by atoms with Crippen LogP contribution < -0.4 is 16.0 Å². The molecule has 1 aromatic carbocycles. The lowest BCUT2D eigenvalue weighted by atomic mass is 9.84. The molecule has 0 aliphatic carbocycles. The maximum atomic E-state index is 12.4. The Balaban J connectivity index is 1.30. The number of ether oxygens (including phenoxy) is 1. The van der Waals surface area contributed by atoms with Crippen LogP contribution in [-0.4, -0.2) is 60.7 Å². The number of nitrogens with zero attached hydrogens (tertiary/aromatic N) is 2. The van der Waals surface area contributed by atoms with E-state index in [0.717, 1.165) is 18.4 Å². The summed E-state index contributed by atoms with van der Waals surface area (Å²) in [5.41, 5.74) is 1.99. The number of aromatic nitrogens is 1. The number of carbonyl (C=O) groups excluding carboxylic acids is 3. The van der Waals surface area contributed by atoms with Crippen molar-refractivity contribution in [3.8, 4) is 0 Å². The molecule has 9 nitrogen and oxygen atoms in total. The van der Waals surface area contributed by atoms with E-state index in [1.165, 1.54) is 0 Å². The molecule has 3 heterocycles. The number of rotatable bonds is 6. The van der Waals surface area contributed by atoms with Crippen LogP contribution in [0.1, 0.15) is 45.2 Å². The molecule has 4 rings (SSSR count). The van der Waals surface area contributed by atoms with E-state index in [-0.39, 0.29) is 36.0 Å². The zero-order chi connectivity index (χ0) is 22.5. The van der Waals surface area contributed by atoms with Gasteiger partial charge >= 0.3 is 6.03 Å². The summed E-state index contributed by atoms with van der Waals surface area (Å²) < 4.78 is 5.85. The summed E-state index contributed by atoms with van der Waals surface area (Å²) in [4.78, 5) is 42.3. The van der Waals surface area contributed by atoms with Gasteiger partial charge in [-0.2, -0.15) is 0 Å². The van der Waals surface area contributed by atoms with E-state index in [1.54, 1.807) is 48.6 Å². The van der Waals surface area contributed by atoms with Gasteiger partial charge in [0.05, 0.1) is 6.04 Å². The third kappa shape index (κ3) is 4.72. The van der Waals surface area contributed by atoms with Gasteiger partial charge in [-0.1, -0.05) is 12.1 Å². The average Bonchev–Trinajstić information content (AvgIpc) is 2.84. The lowest BCUT2D eigenvalue weighted by Gasteiger charge is -2.46. The van der Waals surface area contributed by atoms with Gasteiger partial charge in [-0.15, -0.1) is 0 Å². The maximum absolute atomic E-state index is 12.4. The molecule has 2 fully saturated rings. The van der Waals surface area contributed by atoms with Crippen molar-refractivity contribution in [2.75, 3.05) is 26.7 Å². The molecule has 0 radical (unpaired) electrons. The van der Waals surface area contributed by atoms with E-state index < -0.39 is 0 Å². The molecule has 1 aromatic heterocycles. The molecule has 3 atom stereocenters. The van der Waals surface area contributed by atoms with E-state index in [9.17, 15) is 14.4 Å². The van der Waals surface area contributed by atoms with Crippen molar-refractivity contribution in [2.45, 2.75) is 25.1 Å². The number of carbonyl (C=O) groups is 3. The lowest BCUT2D eigenvalue weighted by Crippen LogP contribution is -2.59.